The Balaban J connectivity index is 1.98. The molecule has 0 saturated heterocycles. The molecule has 2 aliphatic carbocycles. The second-order valence-corrected chi connectivity index (χ2v) is 8.74. The van der Waals surface area contributed by atoms with Crippen molar-refractivity contribution >= 4 is 11.1 Å². The molecule has 180 valence electrons. The van der Waals surface area contributed by atoms with Gasteiger partial charge in [0.25, 0.3) is 0 Å². The van der Waals surface area contributed by atoms with Crippen molar-refractivity contribution in [2.24, 2.45) is 0 Å². The van der Waals surface area contributed by atoms with E-state index in [0.717, 1.165) is 12.1 Å². The van der Waals surface area contributed by atoms with Crippen LogP contribution in [0.2, 0.25) is 0 Å². The normalized spacial score (nSPS) is 11.8. The Hall–Kier alpha value is -6.13. The molecular weight excluding hydrogens is 501 g/mol. The molecule has 5 rings (SSSR count). The van der Waals surface area contributed by atoms with E-state index >= 15 is 0 Å². The van der Waals surface area contributed by atoms with Gasteiger partial charge in [-0.1, -0.05) is 12.1 Å². The van der Waals surface area contributed by atoms with Crippen molar-refractivity contribution in [1.29, 1.82) is 31.6 Å². The lowest BCUT2D eigenvalue weighted by Crippen LogP contribution is -2.08. The molecule has 0 bridgehead atoms. The maximum Gasteiger partial charge on any atom is 0.417 e. The van der Waals surface area contributed by atoms with Crippen LogP contribution in [0.15, 0.2) is 47.5 Å². The summed E-state index contributed by atoms with van der Waals surface area (Å²) in [4.78, 5) is 0. The number of nitrogens with zero attached hydrogens (tertiary/aromatic N) is 6. The van der Waals surface area contributed by atoms with Gasteiger partial charge in [-0.3, -0.25) is 0 Å². The predicted molar refractivity (Wildman–Crippen MR) is 131 cm³/mol. The molecule has 0 aromatic heterocycles. The highest BCUT2D eigenvalue weighted by molar-refractivity contribution is 6.12. The van der Waals surface area contributed by atoms with Crippen LogP contribution >= 0.6 is 0 Å². The largest absolute Gasteiger partial charge is 0.417 e. The molecule has 0 N–H and O–H groups in total. The summed E-state index contributed by atoms with van der Waals surface area (Å²) in [5.41, 5.74) is 1.07. The second-order valence-electron chi connectivity index (χ2n) is 8.74. The maximum atomic E-state index is 13.8. The molecule has 3 aromatic carbocycles. The summed E-state index contributed by atoms with van der Waals surface area (Å²) in [6.07, 6.45) is -4.86. The summed E-state index contributed by atoms with van der Waals surface area (Å²) in [5, 5.41) is 58.2. The first kappa shape index (κ1) is 24.6. The lowest BCUT2D eigenvalue weighted by molar-refractivity contribution is -0.137. The van der Waals surface area contributed by atoms with Gasteiger partial charge in [-0.2, -0.15) is 44.7 Å². The lowest BCUT2D eigenvalue weighted by atomic mass is 9.91. The summed E-state index contributed by atoms with van der Waals surface area (Å²) in [7, 11) is 0. The van der Waals surface area contributed by atoms with Crippen LogP contribution in [0.3, 0.4) is 0 Å². The lowest BCUT2D eigenvalue weighted by Gasteiger charge is -2.12. The molecule has 6 nitrogen and oxygen atoms in total. The van der Waals surface area contributed by atoms with Gasteiger partial charge in [0, 0.05) is 16.7 Å². The van der Waals surface area contributed by atoms with Gasteiger partial charge in [0.15, 0.2) is 0 Å². The Morgan fingerprint density at radius 2 is 1.13 bits per heavy atom. The Morgan fingerprint density at radius 3 is 1.69 bits per heavy atom. The number of nitriles is 6. The smallest absolute Gasteiger partial charge is 0.192 e. The third-order valence-corrected chi connectivity index (χ3v) is 6.85. The quantitative estimate of drug-likeness (QED) is 0.220. The highest BCUT2D eigenvalue weighted by atomic mass is 19.4. The fourth-order valence-electron chi connectivity index (χ4n) is 5.23. The number of alkyl halides is 3. The van der Waals surface area contributed by atoms with Crippen LogP contribution in [0.4, 0.5) is 13.2 Å². The molecular formula is C30H9F3N6. The van der Waals surface area contributed by atoms with Gasteiger partial charge in [0.05, 0.1) is 22.8 Å². The average Bonchev–Trinajstić information content (AvgIpc) is 3.40. The first-order chi connectivity index (χ1) is 18.6. The minimum absolute atomic E-state index is 0.0359. The summed E-state index contributed by atoms with van der Waals surface area (Å²) in [6, 6.07) is 19.3. The third kappa shape index (κ3) is 3.30. The molecule has 39 heavy (non-hydrogen) atoms. The van der Waals surface area contributed by atoms with Crippen molar-refractivity contribution in [3.05, 3.63) is 92.1 Å². The fourth-order valence-corrected chi connectivity index (χ4v) is 5.23. The highest BCUT2D eigenvalue weighted by Gasteiger charge is 2.39. The van der Waals surface area contributed by atoms with E-state index in [4.69, 9.17) is 0 Å². The van der Waals surface area contributed by atoms with E-state index in [0.29, 0.717) is 33.4 Å². The van der Waals surface area contributed by atoms with Crippen molar-refractivity contribution in [2.75, 3.05) is 0 Å². The van der Waals surface area contributed by atoms with Gasteiger partial charge in [0.2, 0.25) is 0 Å². The van der Waals surface area contributed by atoms with E-state index in [-0.39, 0.29) is 39.0 Å². The molecule has 0 unspecified atom stereocenters. The fraction of sp³-hybridized carbons (Fsp3) is 0.0667. The maximum absolute atomic E-state index is 13.8. The standard InChI is InChI=1S/C30H9F3N6/c1-14-2-3-18-20-5-21-19-4-15(8-34)26(30(31,32)33)7-24(19)27(16(9-35)10-36)22(21)6-23(20)28(17(11-37)12-38)29(18)25(14)13-39/h2-7H,1H3. The summed E-state index contributed by atoms with van der Waals surface area (Å²) in [6.45, 7) is 1.71. The third-order valence-electron chi connectivity index (χ3n) is 6.85. The molecule has 0 radical (unpaired) electrons. The number of hydrogen-bond acceptors (Lipinski definition) is 6. The van der Waals surface area contributed by atoms with Crippen molar-refractivity contribution in [2.45, 2.75) is 13.1 Å². The molecule has 0 amide bonds. The van der Waals surface area contributed by atoms with Gasteiger partial charge in [-0.25, -0.2) is 0 Å². The van der Waals surface area contributed by atoms with Gasteiger partial charge >= 0.3 is 6.18 Å². The first-order valence-electron chi connectivity index (χ1n) is 11.1. The van der Waals surface area contributed by atoms with E-state index in [1.54, 1.807) is 43.3 Å². The Kier molecular flexibility index (Phi) is 5.34. The van der Waals surface area contributed by atoms with Crippen LogP contribution in [0.1, 0.15) is 44.5 Å². The van der Waals surface area contributed by atoms with E-state index in [9.17, 15) is 44.7 Å². The molecule has 0 spiro atoms. The Labute approximate surface area is 219 Å². The summed E-state index contributed by atoms with van der Waals surface area (Å²) >= 11 is 0. The van der Waals surface area contributed by atoms with Crippen LogP contribution in [0.25, 0.3) is 33.4 Å². The van der Waals surface area contributed by atoms with Crippen molar-refractivity contribution < 1.29 is 13.2 Å². The van der Waals surface area contributed by atoms with Crippen LogP contribution in [-0.4, -0.2) is 0 Å². The Bertz CT molecular complexity index is 1990. The predicted octanol–water partition coefficient (Wildman–Crippen LogP) is 6.42. The number of rotatable bonds is 0. The number of fused-ring (bicyclic) bond motifs is 6. The minimum atomic E-state index is -4.86. The van der Waals surface area contributed by atoms with Crippen LogP contribution in [0, 0.1) is 74.9 Å². The van der Waals surface area contributed by atoms with Crippen LogP contribution in [0.5, 0.6) is 0 Å². The van der Waals surface area contributed by atoms with E-state index in [1.807, 2.05) is 12.1 Å². The molecule has 2 aliphatic rings. The first-order valence-corrected chi connectivity index (χ1v) is 11.1. The van der Waals surface area contributed by atoms with E-state index < -0.39 is 22.9 Å². The molecule has 0 saturated carbocycles. The van der Waals surface area contributed by atoms with E-state index in [2.05, 4.69) is 6.07 Å². The molecule has 0 heterocycles. The second kappa shape index (κ2) is 8.47. The van der Waals surface area contributed by atoms with Crippen molar-refractivity contribution in [3.63, 3.8) is 0 Å². The van der Waals surface area contributed by atoms with E-state index in [1.165, 1.54) is 6.07 Å². The number of benzene rings is 3. The average molecular weight is 510 g/mol. The SMILES string of the molecule is Cc1ccc2c(c1C#N)C(=C(C#N)C#N)c1cc3c(cc1-2)-c1cc(C#N)c(C(F)(F)F)cc1C3=C(C#N)C#N. The van der Waals surface area contributed by atoms with Gasteiger partial charge < -0.3 is 0 Å². The Morgan fingerprint density at radius 1 is 0.615 bits per heavy atom. The van der Waals surface area contributed by atoms with Crippen LogP contribution < -0.4 is 0 Å². The molecule has 0 atom stereocenters. The van der Waals surface area contributed by atoms with Crippen LogP contribution in [-0.2, 0) is 6.18 Å². The zero-order valence-corrected chi connectivity index (χ0v) is 19.8. The van der Waals surface area contributed by atoms with Gasteiger partial charge in [0.1, 0.15) is 41.5 Å². The van der Waals surface area contributed by atoms with Crippen molar-refractivity contribution in [1.82, 2.24) is 0 Å². The van der Waals surface area contributed by atoms with Gasteiger partial charge in [-0.05, 0) is 75.7 Å². The molecule has 0 aliphatic heterocycles. The summed E-state index contributed by atoms with van der Waals surface area (Å²) in [5.74, 6) is 0. The van der Waals surface area contributed by atoms with Gasteiger partial charge in [-0.15, -0.1) is 0 Å². The topological polar surface area (TPSA) is 143 Å². The molecule has 3 aromatic rings. The number of hydrogen-bond donors (Lipinski definition) is 0. The number of halogens is 3. The minimum Gasteiger partial charge on any atom is -0.192 e. The van der Waals surface area contributed by atoms with Crippen molar-refractivity contribution in [3.8, 4) is 58.7 Å². The zero-order chi connectivity index (χ0) is 28.2. The number of aryl methyl sites for hydroxylation is 1. The number of allylic oxidation sites excluding steroid dienone is 2. The zero-order valence-electron chi connectivity index (χ0n) is 19.8. The highest BCUT2D eigenvalue weighted by Crippen LogP contribution is 2.55. The summed E-state index contributed by atoms with van der Waals surface area (Å²) < 4.78 is 41.4. The monoisotopic (exact) mass is 510 g/mol. The molecule has 9 heteroatoms. The molecule has 0 fully saturated rings.